The standard InChI is InChI=1S/C22H28NOP.C20H22/c1-15-9-16(2)12-19(11-15)21-7-8-22(25(21,24)23(5)6)20-13-17(3)10-18(4)14-20;1-15-9-16(2)12-19(11-15)7-5-6-8-20-13-17(3)10-18(4)14-20/h7-14,21-22H,1-6H3;5-14H,1-4H3/b;7-5+,8-6+/t21-,22+,25?;. The molecule has 4 aromatic rings. The molecule has 5 rings (SSSR count). The maximum atomic E-state index is 14.3. The molecule has 234 valence electrons. The highest BCUT2D eigenvalue weighted by molar-refractivity contribution is 7.63. The van der Waals surface area contributed by atoms with Crippen LogP contribution in [0, 0.1) is 55.4 Å². The summed E-state index contributed by atoms with van der Waals surface area (Å²) in [5.74, 6) is 0. The summed E-state index contributed by atoms with van der Waals surface area (Å²) in [6.07, 6.45) is 12.8. The van der Waals surface area contributed by atoms with Crippen molar-refractivity contribution in [2.45, 2.75) is 66.7 Å². The van der Waals surface area contributed by atoms with E-state index in [9.17, 15) is 4.57 Å². The maximum Gasteiger partial charge on any atom is 0.171 e. The van der Waals surface area contributed by atoms with Gasteiger partial charge in [0.05, 0.1) is 11.3 Å². The molecule has 0 N–H and O–H groups in total. The van der Waals surface area contributed by atoms with Crippen LogP contribution in [0.5, 0.6) is 0 Å². The van der Waals surface area contributed by atoms with Crippen LogP contribution in [0.4, 0.5) is 0 Å². The molecule has 1 heterocycles. The lowest BCUT2D eigenvalue weighted by molar-refractivity contribution is 0.505. The van der Waals surface area contributed by atoms with E-state index in [2.05, 4.69) is 165 Å². The molecule has 0 saturated carbocycles. The Bertz CT molecular complexity index is 1600. The Morgan fingerprint density at radius 2 is 0.733 bits per heavy atom. The fourth-order valence-corrected chi connectivity index (χ4v) is 9.87. The summed E-state index contributed by atoms with van der Waals surface area (Å²) < 4.78 is 16.3. The van der Waals surface area contributed by atoms with Gasteiger partial charge in [0.2, 0.25) is 0 Å². The zero-order valence-electron chi connectivity index (χ0n) is 28.8. The van der Waals surface area contributed by atoms with Crippen LogP contribution in [-0.2, 0) is 4.57 Å². The number of hydrogen-bond donors (Lipinski definition) is 0. The molecule has 0 amide bonds. The van der Waals surface area contributed by atoms with E-state index in [4.69, 9.17) is 0 Å². The van der Waals surface area contributed by atoms with E-state index < -0.39 is 7.29 Å². The van der Waals surface area contributed by atoms with Gasteiger partial charge < -0.3 is 4.57 Å². The van der Waals surface area contributed by atoms with Crippen LogP contribution in [0.15, 0.2) is 97.1 Å². The van der Waals surface area contributed by atoms with Crippen molar-refractivity contribution in [1.82, 2.24) is 4.67 Å². The fraction of sp³-hybridized carbons (Fsp3) is 0.286. The molecule has 0 aromatic heterocycles. The lowest BCUT2D eigenvalue weighted by atomic mass is 10.0. The number of allylic oxidation sites excluding steroid dienone is 4. The normalized spacial score (nSPS) is 19.4. The van der Waals surface area contributed by atoms with Gasteiger partial charge in [-0.15, -0.1) is 0 Å². The second-order valence-electron chi connectivity index (χ2n) is 13.2. The first-order valence-electron chi connectivity index (χ1n) is 15.9. The summed E-state index contributed by atoms with van der Waals surface area (Å²) in [5, 5.41) is 0. The lowest BCUT2D eigenvalue weighted by Crippen LogP contribution is -2.15. The lowest BCUT2D eigenvalue weighted by Gasteiger charge is -2.33. The van der Waals surface area contributed by atoms with Crippen LogP contribution >= 0.6 is 7.29 Å². The number of hydrogen-bond acceptors (Lipinski definition) is 1. The van der Waals surface area contributed by atoms with Gasteiger partial charge >= 0.3 is 0 Å². The maximum absolute atomic E-state index is 14.3. The van der Waals surface area contributed by atoms with Crippen molar-refractivity contribution in [2.24, 2.45) is 0 Å². The molecule has 1 aliphatic rings. The molecule has 0 fully saturated rings. The van der Waals surface area contributed by atoms with Gasteiger partial charge in [-0.1, -0.05) is 154 Å². The first kappa shape index (κ1) is 34.2. The molecule has 45 heavy (non-hydrogen) atoms. The molecule has 2 nitrogen and oxygen atoms in total. The Kier molecular flexibility index (Phi) is 11.1. The third kappa shape index (κ3) is 8.72. The smallest absolute Gasteiger partial charge is 0.171 e. The summed E-state index contributed by atoms with van der Waals surface area (Å²) in [4.78, 5) is 0. The van der Waals surface area contributed by atoms with Crippen molar-refractivity contribution in [1.29, 1.82) is 0 Å². The molecule has 1 aliphatic heterocycles. The van der Waals surface area contributed by atoms with Crippen molar-refractivity contribution in [2.75, 3.05) is 14.1 Å². The Morgan fingerprint density at radius 1 is 0.467 bits per heavy atom. The van der Waals surface area contributed by atoms with Gasteiger partial charge in [0.15, 0.2) is 7.29 Å². The second-order valence-corrected chi connectivity index (χ2v) is 16.5. The van der Waals surface area contributed by atoms with E-state index >= 15 is 0 Å². The van der Waals surface area contributed by atoms with Crippen molar-refractivity contribution in [3.63, 3.8) is 0 Å². The van der Waals surface area contributed by atoms with Crippen molar-refractivity contribution in [3.05, 3.63) is 164 Å². The van der Waals surface area contributed by atoms with Crippen molar-refractivity contribution in [3.8, 4) is 0 Å². The highest BCUT2D eigenvalue weighted by Crippen LogP contribution is 2.74. The molecule has 0 radical (unpaired) electrons. The van der Waals surface area contributed by atoms with Gasteiger partial charge in [0, 0.05) is 0 Å². The molecule has 3 atom stereocenters. The van der Waals surface area contributed by atoms with Gasteiger partial charge in [-0.25, -0.2) is 0 Å². The third-order valence-corrected chi connectivity index (χ3v) is 12.0. The van der Waals surface area contributed by atoms with Crippen LogP contribution in [-0.4, -0.2) is 18.8 Å². The zero-order chi connectivity index (χ0) is 32.9. The Hall–Kier alpha value is -3.71. The van der Waals surface area contributed by atoms with Crippen LogP contribution in [0.3, 0.4) is 0 Å². The molecule has 0 aliphatic carbocycles. The molecule has 4 aromatic carbocycles. The molecule has 0 saturated heterocycles. The molecule has 3 heteroatoms. The van der Waals surface area contributed by atoms with Gasteiger partial charge in [0.25, 0.3) is 0 Å². The first-order valence-corrected chi connectivity index (χ1v) is 17.7. The van der Waals surface area contributed by atoms with Crippen molar-refractivity contribution < 1.29 is 4.57 Å². The predicted octanol–water partition coefficient (Wildman–Crippen LogP) is 11.8. The summed E-state index contributed by atoms with van der Waals surface area (Å²) in [6, 6.07) is 26.3. The summed E-state index contributed by atoms with van der Waals surface area (Å²) >= 11 is 0. The van der Waals surface area contributed by atoms with Crippen LogP contribution < -0.4 is 0 Å². The quantitative estimate of drug-likeness (QED) is 0.122. The first-order chi connectivity index (χ1) is 21.2. The predicted molar refractivity (Wildman–Crippen MR) is 198 cm³/mol. The average molecular weight is 616 g/mol. The Balaban J connectivity index is 0.000000210. The number of rotatable bonds is 6. The minimum Gasteiger partial charge on any atom is -0.305 e. The highest BCUT2D eigenvalue weighted by Gasteiger charge is 2.46. The summed E-state index contributed by atoms with van der Waals surface area (Å²) in [7, 11) is 1.25. The monoisotopic (exact) mass is 615 g/mol. The van der Waals surface area contributed by atoms with Gasteiger partial charge in [-0.2, -0.15) is 0 Å². The van der Waals surface area contributed by atoms with Gasteiger partial charge in [-0.3, -0.25) is 4.67 Å². The SMILES string of the molecule is Cc1cc(C)cc(/C=C/C=C/c2cc(C)cc(C)c2)c1.Cc1cc(C)cc([C@H]2C=C[C@@H](c3cc(C)cc(C)c3)P2(=O)N(C)C)c1. The van der Waals surface area contributed by atoms with Crippen molar-refractivity contribution >= 4 is 19.4 Å². The summed E-state index contributed by atoms with van der Waals surface area (Å²) in [6.45, 7) is 17.0. The largest absolute Gasteiger partial charge is 0.305 e. The van der Waals surface area contributed by atoms with Crippen LogP contribution in [0.2, 0.25) is 0 Å². The molecular formula is C42H50NOP. The van der Waals surface area contributed by atoms with E-state index in [1.54, 1.807) is 0 Å². The van der Waals surface area contributed by atoms with E-state index in [-0.39, 0.29) is 11.3 Å². The summed E-state index contributed by atoms with van der Waals surface area (Å²) in [5.41, 5.74) is 14.9. The molecular weight excluding hydrogens is 565 g/mol. The van der Waals surface area contributed by atoms with Gasteiger partial charge in [0.1, 0.15) is 0 Å². The second kappa shape index (κ2) is 14.6. The van der Waals surface area contributed by atoms with Gasteiger partial charge in [-0.05, 0) is 91.7 Å². The zero-order valence-corrected chi connectivity index (χ0v) is 29.7. The fourth-order valence-electron chi connectivity index (χ4n) is 6.68. The van der Waals surface area contributed by atoms with E-state index in [1.165, 1.54) is 55.6 Å². The van der Waals surface area contributed by atoms with E-state index in [1.807, 2.05) is 18.8 Å². The van der Waals surface area contributed by atoms with Crippen LogP contribution in [0.25, 0.3) is 12.2 Å². The van der Waals surface area contributed by atoms with E-state index in [0.717, 1.165) is 11.1 Å². The number of aryl methyl sites for hydroxylation is 8. The minimum atomic E-state index is -2.66. The molecule has 0 bridgehead atoms. The third-order valence-electron chi connectivity index (χ3n) is 8.25. The van der Waals surface area contributed by atoms with Crippen LogP contribution in [0.1, 0.15) is 78.1 Å². The topological polar surface area (TPSA) is 20.3 Å². The Labute approximate surface area is 272 Å². The highest BCUT2D eigenvalue weighted by atomic mass is 31.2. The molecule has 1 unspecified atom stereocenters. The van der Waals surface area contributed by atoms with E-state index in [0.29, 0.717) is 0 Å². The molecule has 0 spiro atoms. The Morgan fingerprint density at radius 3 is 1.00 bits per heavy atom. The number of benzene rings is 4. The minimum absolute atomic E-state index is 0.0491. The average Bonchev–Trinajstić information content (AvgIpc) is 3.28. The number of nitrogens with zero attached hydrogens (tertiary/aromatic N) is 1.